The minimum atomic E-state index is -0.388. The van der Waals surface area contributed by atoms with Crippen LogP contribution in [-0.4, -0.2) is 123 Å². The number of nitrogens with one attached hydrogen (secondary N) is 2. The third kappa shape index (κ3) is 10.1. The van der Waals surface area contributed by atoms with Crippen LogP contribution in [0.4, 0.5) is 11.6 Å². The molecule has 6 aliphatic rings. The molecule has 74 heavy (non-hydrogen) atoms. The summed E-state index contributed by atoms with van der Waals surface area (Å²) in [6.45, 7) is 20.4. The fourth-order valence-electron chi connectivity index (χ4n) is 14.5. The summed E-state index contributed by atoms with van der Waals surface area (Å²) in [5.74, 6) is 3.28. The molecular weight excluding hydrogens is 960 g/mol. The molecule has 4 saturated heterocycles. The Labute approximate surface area is 451 Å². The lowest BCUT2D eigenvalue weighted by atomic mass is 9.74. The lowest BCUT2D eigenvalue weighted by Gasteiger charge is -2.49. The second-order valence-corrected chi connectivity index (χ2v) is 23.9. The Morgan fingerprint density at radius 3 is 1.30 bits per heavy atom. The average molecular weight is 1040 g/mol. The van der Waals surface area contributed by atoms with Crippen LogP contribution in [0.2, 0.25) is 0 Å². The van der Waals surface area contributed by atoms with E-state index in [0.29, 0.717) is 17.6 Å². The van der Waals surface area contributed by atoms with E-state index in [1.54, 1.807) is 12.7 Å². The molecule has 12 rings (SSSR count). The van der Waals surface area contributed by atoms with E-state index in [-0.39, 0.29) is 71.9 Å². The molecule has 2 aliphatic carbocycles. The first-order chi connectivity index (χ1) is 34.9. The zero-order valence-electron chi connectivity index (χ0n) is 44.5. The van der Waals surface area contributed by atoms with Crippen LogP contribution in [-0.2, 0) is 17.6 Å². The van der Waals surface area contributed by atoms with Gasteiger partial charge in [-0.1, -0.05) is 98.8 Å². The molecule has 2 aromatic heterocycles. The number of hydrogen-bond donors (Lipinski definition) is 2. The van der Waals surface area contributed by atoms with Gasteiger partial charge in [0.2, 0.25) is 0 Å². The number of aryl methyl sites for hydroxylation is 2. The number of aromatic nitrogens is 4. The van der Waals surface area contributed by atoms with Crippen LogP contribution in [0.15, 0.2) is 97.6 Å². The Kier molecular flexibility index (Phi) is 15.2. The van der Waals surface area contributed by atoms with Crippen molar-refractivity contribution < 1.29 is 4.79 Å². The van der Waals surface area contributed by atoms with E-state index in [1.165, 1.54) is 55.2 Å². The van der Waals surface area contributed by atoms with Gasteiger partial charge in [0.05, 0.1) is 12.1 Å². The highest BCUT2D eigenvalue weighted by Gasteiger charge is 2.51. The highest BCUT2D eigenvalue weighted by atomic mass is 35.5. The van der Waals surface area contributed by atoms with Crippen LogP contribution >= 0.6 is 24.8 Å². The number of ketones is 1. The Bertz CT molecular complexity index is 2770. The maximum Gasteiger partial charge on any atom is 0.168 e. The minimum absolute atomic E-state index is 0. The second kappa shape index (κ2) is 21.3. The Morgan fingerprint density at radius 1 is 0.527 bits per heavy atom. The molecule has 392 valence electrons. The minimum Gasteiger partial charge on any atom is -0.354 e. The van der Waals surface area contributed by atoms with Gasteiger partial charge < -0.3 is 20.4 Å². The molecule has 6 aromatic rings. The first-order valence-electron chi connectivity index (χ1n) is 27.6. The summed E-state index contributed by atoms with van der Waals surface area (Å²) in [6.07, 6.45) is 12.0. The summed E-state index contributed by atoms with van der Waals surface area (Å²) < 4.78 is 0. The van der Waals surface area contributed by atoms with E-state index in [2.05, 4.69) is 157 Å². The zero-order chi connectivity index (χ0) is 49.3. The number of Topliss-reactive ketones (excluding diaryl/α,β-unsaturated/α-hetero) is 1. The number of carbonyl (C=O) groups is 1. The Balaban J connectivity index is 0.00000313. The molecule has 0 spiro atoms. The highest BCUT2D eigenvalue weighted by Crippen LogP contribution is 2.45. The molecular formula is C61H78Cl2N10O. The van der Waals surface area contributed by atoms with Crippen molar-refractivity contribution in [2.45, 2.75) is 152 Å². The summed E-state index contributed by atoms with van der Waals surface area (Å²) in [5, 5.41) is 13.3. The number of piperazine rings is 2. The van der Waals surface area contributed by atoms with Gasteiger partial charge in [-0.3, -0.25) is 14.6 Å². The van der Waals surface area contributed by atoms with Crippen molar-refractivity contribution >= 4 is 63.8 Å². The predicted octanol–water partition coefficient (Wildman–Crippen LogP) is 10.4. The molecule has 13 heteroatoms. The highest BCUT2D eigenvalue weighted by molar-refractivity contribution is 5.93. The number of anilines is 2. The molecule has 4 fully saturated rings. The monoisotopic (exact) mass is 1040 g/mol. The number of hydrogen-bond acceptors (Lipinski definition) is 11. The summed E-state index contributed by atoms with van der Waals surface area (Å²) in [7, 11) is 0. The standard InChI is InChI=1S/C61H76N10O.2ClH/c1-39-15-21-47-51(39)58(64-37-62-47)70-31-27-68(28-32-70)55(53(49-23-25-60(3,4)66-49)45-19-17-41-11-7-9-13-43(41)35-45)57(72)56(69-29-33-71(34-30-69)59-52-40(2)16-22-48(52)63-38-65-59)54(50-24-26-61(5,6)67-50)46-20-18-42-12-8-10-14-44(42)36-46;;/h7-14,17-20,35-40,49-50,53-56,66-67H,15-16,21-34H2,1-6H3;2*1H/t39-,40-,49+,50+,53?,54?,55?,56?;;/m1../s1. The normalized spacial score (nSPS) is 25.2. The smallest absolute Gasteiger partial charge is 0.168 e. The van der Waals surface area contributed by atoms with Crippen molar-refractivity contribution in [3.8, 4) is 0 Å². The second-order valence-electron chi connectivity index (χ2n) is 23.9. The van der Waals surface area contributed by atoms with E-state index >= 15 is 4.79 Å². The first-order valence-corrected chi connectivity index (χ1v) is 27.6. The van der Waals surface area contributed by atoms with Gasteiger partial charge >= 0.3 is 0 Å². The number of fused-ring (bicyclic) bond motifs is 4. The summed E-state index contributed by atoms with van der Waals surface area (Å²) in [6, 6.07) is 31.1. The number of nitrogens with zero attached hydrogens (tertiary/aromatic N) is 8. The maximum absolute atomic E-state index is 17.5. The fourth-order valence-corrected chi connectivity index (χ4v) is 14.5. The van der Waals surface area contributed by atoms with Crippen LogP contribution in [0.3, 0.4) is 0 Å². The van der Waals surface area contributed by atoms with Crippen LogP contribution in [0, 0.1) is 0 Å². The molecule has 4 aromatic carbocycles. The molecule has 0 bridgehead atoms. The Hall–Kier alpha value is -4.75. The van der Waals surface area contributed by atoms with Crippen molar-refractivity contribution in [2.24, 2.45) is 0 Å². The van der Waals surface area contributed by atoms with Gasteiger partial charge in [-0.25, -0.2) is 19.9 Å². The van der Waals surface area contributed by atoms with Crippen molar-refractivity contribution in [3.05, 3.63) is 131 Å². The number of benzene rings is 4. The molecule has 2 N–H and O–H groups in total. The topological polar surface area (TPSA) is 106 Å². The van der Waals surface area contributed by atoms with Crippen LogP contribution in [0.5, 0.6) is 0 Å². The third-order valence-corrected chi connectivity index (χ3v) is 18.3. The van der Waals surface area contributed by atoms with E-state index in [4.69, 9.17) is 19.9 Å². The molecule has 4 unspecified atom stereocenters. The predicted molar refractivity (Wildman–Crippen MR) is 306 cm³/mol. The fraction of sp³-hybridized carbons (Fsp3) is 0.525. The van der Waals surface area contributed by atoms with Gasteiger partial charge in [-0.05, 0) is 124 Å². The quantitative estimate of drug-likeness (QED) is 0.122. The summed E-state index contributed by atoms with van der Waals surface area (Å²) in [5.41, 5.74) is 7.49. The van der Waals surface area contributed by atoms with Crippen molar-refractivity contribution in [3.63, 3.8) is 0 Å². The van der Waals surface area contributed by atoms with Gasteiger partial charge in [0.25, 0.3) is 0 Å². The van der Waals surface area contributed by atoms with Gasteiger partial charge in [0, 0.05) is 110 Å². The van der Waals surface area contributed by atoms with Gasteiger partial charge in [-0.2, -0.15) is 0 Å². The molecule has 0 radical (unpaired) electrons. The molecule has 0 amide bonds. The van der Waals surface area contributed by atoms with Crippen LogP contribution in [0.25, 0.3) is 21.5 Å². The van der Waals surface area contributed by atoms with E-state index < -0.39 is 0 Å². The van der Waals surface area contributed by atoms with Crippen LogP contribution < -0.4 is 20.4 Å². The van der Waals surface area contributed by atoms with Crippen LogP contribution in [0.1, 0.15) is 137 Å². The molecule has 0 saturated carbocycles. The van der Waals surface area contributed by atoms with Gasteiger partial charge in [-0.15, -0.1) is 24.8 Å². The summed E-state index contributed by atoms with van der Waals surface area (Å²) >= 11 is 0. The largest absolute Gasteiger partial charge is 0.354 e. The average Bonchev–Trinajstić information content (AvgIpc) is 4.18. The first kappa shape index (κ1) is 52.7. The van der Waals surface area contributed by atoms with Crippen molar-refractivity contribution in [2.75, 3.05) is 62.2 Å². The maximum atomic E-state index is 17.5. The van der Waals surface area contributed by atoms with Gasteiger partial charge in [0.1, 0.15) is 24.3 Å². The number of rotatable bonds is 12. The molecule has 11 nitrogen and oxygen atoms in total. The third-order valence-electron chi connectivity index (χ3n) is 18.3. The zero-order valence-corrected chi connectivity index (χ0v) is 46.1. The van der Waals surface area contributed by atoms with Gasteiger partial charge in [0.15, 0.2) is 5.78 Å². The lowest BCUT2D eigenvalue weighted by Crippen LogP contribution is -2.64. The number of halogens is 2. The molecule has 4 aliphatic heterocycles. The molecule has 8 atom stereocenters. The van der Waals surface area contributed by atoms with Crippen molar-refractivity contribution in [1.82, 2.24) is 40.4 Å². The van der Waals surface area contributed by atoms with E-state index in [1.807, 2.05) is 0 Å². The lowest BCUT2D eigenvalue weighted by molar-refractivity contribution is -0.132. The SMILES string of the molecule is C[C@@H]1CCc2ncnc(N3CCN(C(C(=O)C(C(c4ccc5ccccc5c4)[C@@H]4CCC(C)(C)N4)N4CCN(c5ncnc6c5[C@H](C)CC6)CC4)C(c4ccc5ccccc5c4)[C@@H]4CCC(C)(C)N4)CC3)c21.Cl.Cl. The van der Waals surface area contributed by atoms with Crippen molar-refractivity contribution in [1.29, 1.82) is 0 Å². The van der Waals surface area contributed by atoms with E-state index in [0.717, 1.165) is 115 Å². The summed E-state index contributed by atoms with van der Waals surface area (Å²) in [4.78, 5) is 47.3. The Morgan fingerprint density at radius 2 is 0.919 bits per heavy atom. The number of carbonyl (C=O) groups excluding carboxylic acids is 1. The molecule has 6 heterocycles. The van der Waals surface area contributed by atoms with E-state index in [9.17, 15) is 0 Å².